The van der Waals surface area contributed by atoms with Gasteiger partial charge >= 0.3 is 0 Å². The molecule has 0 fully saturated rings. The lowest BCUT2D eigenvalue weighted by molar-refractivity contribution is 0.105. The molecule has 6 heteroatoms. The first kappa shape index (κ1) is 12.7. The molecule has 1 aromatic carbocycles. The third-order valence-electron chi connectivity index (χ3n) is 1.73. The summed E-state index contributed by atoms with van der Waals surface area (Å²) < 4.78 is 14.0. The van der Waals surface area contributed by atoms with Crippen molar-refractivity contribution in [3.05, 3.63) is 27.4 Å². The van der Waals surface area contributed by atoms with Crippen LogP contribution in [0.5, 0.6) is 0 Å². The van der Waals surface area contributed by atoms with Gasteiger partial charge in [-0.15, -0.1) is 0 Å². The van der Waals surface area contributed by atoms with Gasteiger partial charge in [0.15, 0.2) is 5.82 Å². The van der Waals surface area contributed by atoms with Crippen LogP contribution < -0.4 is 5.32 Å². The van der Waals surface area contributed by atoms with Crippen LogP contribution in [0.15, 0.2) is 16.6 Å². The number of rotatable bonds is 4. The van der Waals surface area contributed by atoms with E-state index >= 15 is 0 Å². The van der Waals surface area contributed by atoms with Crippen LogP contribution >= 0.6 is 27.5 Å². The molecule has 1 rings (SSSR count). The first-order valence-electron chi connectivity index (χ1n) is 4.22. The van der Waals surface area contributed by atoms with Crippen LogP contribution in [-0.2, 0) is 0 Å². The maximum absolute atomic E-state index is 13.4. The monoisotopic (exact) mass is 297 g/mol. The fourth-order valence-electron chi connectivity index (χ4n) is 0.977. The third-order valence-corrected chi connectivity index (χ3v) is 2.46. The molecule has 0 aromatic heterocycles. The minimum absolute atomic E-state index is 0.00892. The van der Waals surface area contributed by atoms with E-state index in [2.05, 4.69) is 21.2 Å². The molecule has 0 bridgehead atoms. The molecule has 3 nitrogen and oxygen atoms in total. The Bertz CT molecular complexity index is 351. The molecule has 1 aromatic rings. The SMILES string of the molecule is OCC(O)CNc1cc(Br)cc(Cl)c1F. The van der Waals surface area contributed by atoms with E-state index in [1.54, 1.807) is 0 Å². The Kier molecular flexibility index (Phi) is 4.79. The summed E-state index contributed by atoms with van der Waals surface area (Å²) >= 11 is 8.78. The van der Waals surface area contributed by atoms with Gasteiger partial charge in [0.2, 0.25) is 0 Å². The third kappa shape index (κ3) is 3.61. The highest BCUT2D eigenvalue weighted by Gasteiger charge is 2.09. The van der Waals surface area contributed by atoms with E-state index < -0.39 is 11.9 Å². The molecule has 0 spiro atoms. The lowest BCUT2D eigenvalue weighted by Crippen LogP contribution is -2.23. The second-order valence-electron chi connectivity index (χ2n) is 2.97. The van der Waals surface area contributed by atoms with Crippen molar-refractivity contribution in [3.63, 3.8) is 0 Å². The summed E-state index contributed by atoms with van der Waals surface area (Å²) in [5.74, 6) is -0.579. The smallest absolute Gasteiger partial charge is 0.164 e. The Balaban J connectivity index is 2.76. The molecule has 1 unspecified atom stereocenters. The topological polar surface area (TPSA) is 52.5 Å². The molecule has 3 N–H and O–H groups in total. The Labute approximate surface area is 100 Å². The number of hydrogen-bond acceptors (Lipinski definition) is 3. The predicted molar refractivity (Wildman–Crippen MR) is 60.7 cm³/mol. The number of aliphatic hydroxyl groups is 2. The lowest BCUT2D eigenvalue weighted by atomic mass is 10.3. The van der Waals surface area contributed by atoms with Crippen LogP contribution in [0.25, 0.3) is 0 Å². The summed E-state index contributed by atoms with van der Waals surface area (Å²) in [6.45, 7) is -0.323. The van der Waals surface area contributed by atoms with Gasteiger partial charge in [0.1, 0.15) is 0 Å². The van der Waals surface area contributed by atoms with Gasteiger partial charge in [0, 0.05) is 11.0 Å². The van der Waals surface area contributed by atoms with Crippen molar-refractivity contribution in [1.82, 2.24) is 0 Å². The van der Waals surface area contributed by atoms with Gasteiger partial charge in [0.25, 0.3) is 0 Å². The van der Waals surface area contributed by atoms with E-state index in [9.17, 15) is 4.39 Å². The maximum Gasteiger partial charge on any atom is 0.164 e. The first-order valence-corrected chi connectivity index (χ1v) is 5.39. The lowest BCUT2D eigenvalue weighted by Gasteiger charge is -2.11. The van der Waals surface area contributed by atoms with E-state index in [0.29, 0.717) is 4.47 Å². The fraction of sp³-hybridized carbons (Fsp3) is 0.333. The van der Waals surface area contributed by atoms with Gasteiger partial charge in [-0.1, -0.05) is 27.5 Å². The summed E-state index contributed by atoms with van der Waals surface area (Å²) in [5.41, 5.74) is 0.182. The van der Waals surface area contributed by atoms with Crippen LogP contribution in [0.4, 0.5) is 10.1 Å². The molecule has 0 saturated heterocycles. The van der Waals surface area contributed by atoms with Crippen molar-refractivity contribution in [1.29, 1.82) is 0 Å². The van der Waals surface area contributed by atoms with Crippen molar-refractivity contribution < 1.29 is 14.6 Å². The fourth-order valence-corrected chi connectivity index (χ4v) is 1.79. The van der Waals surface area contributed by atoms with Gasteiger partial charge in [-0.05, 0) is 12.1 Å². The normalized spacial score (nSPS) is 12.6. The average Bonchev–Trinajstić information content (AvgIpc) is 2.20. The van der Waals surface area contributed by atoms with Crippen molar-refractivity contribution in [2.24, 2.45) is 0 Å². The molecular formula is C9H10BrClFNO2. The number of halogens is 3. The maximum atomic E-state index is 13.4. The summed E-state index contributed by atoms with van der Waals surface area (Å²) in [6, 6.07) is 2.94. The molecule has 0 heterocycles. The second kappa shape index (κ2) is 5.65. The summed E-state index contributed by atoms with van der Waals surface area (Å²) in [5, 5.41) is 20.3. The predicted octanol–water partition coefficient (Wildman–Crippen LogP) is 2.01. The molecule has 0 saturated carbocycles. The van der Waals surface area contributed by atoms with Crippen molar-refractivity contribution >= 4 is 33.2 Å². The largest absolute Gasteiger partial charge is 0.394 e. The number of aliphatic hydroxyl groups excluding tert-OH is 2. The number of hydrogen-bond donors (Lipinski definition) is 3. The number of nitrogens with one attached hydrogen (secondary N) is 1. The molecule has 1 atom stereocenters. The minimum atomic E-state index is -0.929. The molecule has 0 radical (unpaired) electrons. The van der Waals surface area contributed by atoms with Crippen molar-refractivity contribution in [2.75, 3.05) is 18.5 Å². The molecule has 15 heavy (non-hydrogen) atoms. The average molecular weight is 299 g/mol. The Hall–Kier alpha value is -0.360. The highest BCUT2D eigenvalue weighted by Crippen LogP contribution is 2.27. The Morgan fingerprint density at radius 2 is 2.20 bits per heavy atom. The molecule has 84 valence electrons. The number of anilines is 1. The summed E-state index contributed by atoms with van der Waals surface area (Å²) in [6.07, 6.45) is -0.929. The van der Waals surface area contributed by atoms with Crippen LogP contribution in [0.1, 0.15) is 0 Å². The zero-order chi connectivity index (χ0) is 11.4. The van der Waals surface area contributed by atoms with Crippen LogP contribution in [0.2, 0.25) is 5.02 Å². The number of benzene rings is 1. The second-order valence-corrected chi connectivity index (χ2v) is 4.29. The van der Waals surface area contributed by atoms with Gasteiger partial charge in [0.05, 0.1) is 23.4 Å². The highest BCUT2D eigenvalue weighted by atomic mass is 79.9. The summed E-state index contributed by atoms with van der Waals surface area (Å²) in [4.78, 5) is 0. The quantitative estimate of drug-likeness (QED) is 0.745. The Morgan fingerprint density at radius 3 is 2.80 bits per heavy atom. The molecular weight excluding hydrogens is 288 g/mol. The van der Waals surface area contributed by atoms with E-state index in [1.807, 2.05) is 0 Å². The Morgan fingerprint density at radius 1 is 1.53 bits per heavy atom. The van der Waals surface area contributed by atoms with Gasteiger partial charge < -0.3 is 15.5 Å². The van der Waals surface area contributed by atoms with Gasteiger partial charge in [-0.3, -0.25) is 0 Å². The van der Waals surface area contributed by atoms with Gasteiger partial charge in [-0.2, -0.15) is 0 Å². The van der Waals surface area contributed by atoms with Crippen LogP contribution in [0.3, 0.4) is 0 Å². The molecule has 0 aliphatic rings. The van der Waals surface area contributed by atoms with E-state index in [-0.39, 0.29) is 23.9 Å². The van der Waals surface area contributed by atoms with Crippen LogP contribution in [-0.4, -0.2) is 29.5 Å². The molecule has 0 aliphatic heterocycles. The summed E-state index contributed by atoms with van der Waals surface area (Å²) in [7, 11) is 0. The first-order chi connectivity index (χ1) is 7.04. The standard InChI is InChI=1S/C9H10BrClFNO2/c10-5-1-7(11)9(12)8(2-5)13-3-6(15)4-14/h1-2,6,13-15H,3-4H2. The van der Waals surface area contributed by atoms with E-state index in [4.69, 9.17) is 21.8 Å². The van der Waals surface area contributed by atoms with E-state index in [1.165, 1.54) is 12.1 Å². The zero-order valence-electron chi connectivity index (χ0n) is 7.67. The molecule has 0 aliphatic carbocycles. The van der Waals surface area contributed by atoms with E-state index in [0.717, 1.165) is 0 Å². The van der Waals surface area contributed by atoms with Crippen molar-refractivity contribution in [3.8, 4) is 0 Å². The highest BCUT2D eigenvalue weighted by molar-refractivity contribution is 9.10. The zero-order valence-corrected chi connectivity index (χ0v) is 10.0. The van der Waals surface area contributed by atoms with Crippen molar-refractivity contribution in [2.45, 2.75) is 6.10 Å². The van der Waals surface area contributed by atoms with Gasteiger partial charge in [-0.25, -0.2) is 4.39 Å². The molecule has 0 amide bonds. The minimum Gasteiger partial charge on any atom is -0.394 e. The van der Waals surface area contributed by atoms with Crippen LogP contribution in [0, 0.1) is 5.82 Å².